The number of aryl methyl sites for hydroxylation is 1. The van der Waals surface area contributed by atoms with E-state index in [1.807, 2.05) is 0 Å². The lowest BCUT2D eigenvalue weighted by Gasteiger charge is -2.09. The molecule has 0 fully saturated rings. The van der Waals surface area contributed by atoms with Crippen molar-refractivity contribution in [3.05, 3.63) is 29.8 Å². The minimum Gasteiger partial charge on any atom is -0.476 e. The molecular formula is C9H7F3N4O2. The molecule has 2 aromatic rings. The van der Waals surface area contributed by atoms with Crippen LogP contribution < -0.4 is 0 Å². The molecule has 6 nitrogen and oxygen atoms in total. The Morgan fingerprint density at radius 3 is 2.56 bits per heavy atom. The Hall–Kier alpha value is -2.32. The van der Waals surface area contributed by atoms with E-state index >= 15 is 0 Å². The van der Waals surface area contributed by atoms with Gasteiger partial charge in [-0.3, -0.25) is 0 Å². The maximum Gasteiger partial charge on any atom is 0.433 e. The lowest BCUT2D eigenvalue weighted by atomic mass is 10.3. The Bertz CT molecular complexity index is 599. The van der Waals surface area contributed by atoms with Gasteiger partial charge in [0, 0.05) is 25.5 Å². The molecule has 0 spiro atoms. The average molecular weight is 260 g/mol. The van der Waals surface area contributed by atoms with Crippen molar-refractivity contribution in [3.8, 4) is 5.95 Å². The predicted molar refractivity (Wildman–Crippen MR) is 52.3 cm³/mol. The fourth-order valence-electron chi connectivity index (χ4n) is 1.40. The summed E-state index contributed by atoms with van der Waals surface area (Å²) in [5.41, 5.74) is -1.88. The van der Waals surface area contributed by atoms with Crippen molar-refractivity contribution in [3.63, 3.8) is 0 Å². The second-order valence-electron chi connectivity index (χ2n) is 3.47. The van der Waals surface area contributed by atoms with Gasteiger partial charge in [0.05, 0.1) is 0 Å². The zero-order chi connectivity index (χ0) is 13.5. The van der Waals surface area contributed by atoms with E-state index in [2.05, 4.69) is 10.1 Å². The monoisotopic (exact) mass is 260 g/mol. The highest BCUT2D eigenvalue weighted by Crippen LogP contribution is 2.31. The van der Waals surface area contributed by atoms with Crippen LogP contribution in [0.3, 0.4) is 0 Å². The van der Waals surface area contributed by atoms with Crippen molar-refractivity contribution < 1.29 is 23.1 Å². The minimum absolute atomic E-state index is 0.116. The summed E-state index contributed by atoms with van der Waals surface area (Å²) in [7, 11) is 1.48. The standard InChI is InChI=1S/C9H7F3N4O2/c1-15-3-2-13-8(15)16-6(9(10,11)12)4-5(14-16)7(17)18/h2-4H,1H3,(H,17,18). The highest BCUT2D eigenvalue weighted by molar-refractivity contribution is 5.85. The molecule has 0 aliphatic rings. The van der Waals surface area contributed by atoms with E-state index in [-0.39, 0.29) is 5.95 Å². The number of carboxylic acid groups (broad SMARTS) is 1. The van der Waals surface area contributed by atoms with E-state index in [1.54, 1.807) is 0 Å². The zero-order valence-corrected chi connectivity index (χ0v) is 9.01. The van der Waals surface area contributed by atoms with Crippen LogP contribution in [0.25, 0.3) is 5.95 Å². The van der Waals surface area contributed by atoms with E-state index in [1.165, 1.54) is 24.0 Å². The number of rotatable bonds is 2. The van der Waals surface area contributed by atoms with Crippen molar-refractivity contribution in [1.82, 2.24) is 19.3 Å². The third-order valence-corrected chi connectivity index (χ3v) is 2.20. The van der Waals surface area contributed by atoms with Gasteiger partial charge in [-0.25, -0.2) is 9.78 Å². The Kier molecular flexibility index (Phi) is 2.60. The van der Waals surface area contributed by atoms with Crippen LogP contribution in [0.2, 0.25) is 0 Å². The Labute approximate surface area is 98.3 Å². The number of hydrogen-bond acceptors (Lipinski definition) is 3. The molecule has 2 heterocycles. The van der Waals surface area contributed by atoms with Crippen molar-refractivity contribution in [2.45, 2.75) is 6.18 Å². The maximum absolute atomic E-state index is 12.8. The van der Waals surface area contributed by atoms with Crippen LogP contribution in [0, 0.1) is 0 Å². The first kappa shape index (κ1) is 12.1. The minimum atomic E-state index is -4.72. The highest BCUT2D eigenvalue weighted by atomic mass is 19.4. The van der Waals surface area contributed by atoms with Gasteiger partial charge >= 0.3 is 12.1 Å². The molecule has 0 aromatic carbocycles. The summed E-state index contributed by atoms with van der Waals surface area (Å²) in [6, 6.07) is 0.469. The fraction of sp³-hybridized carbons (Fsp3) is 0.222. The molecule has 18 heavy (non-hydrogen) atoms. The summed E-state index contributed by atoms with van der Waals surface area (Å²) >= 11 is 0. The van der Waals surface area contributed by atoms with Crippen LogP contribution in [-0.2, 0) is 13.2 Å². The highest BCUT2D eigenvalue weighted by Gasteiger charge is 2.38. The number of aromatic nitrogens is 4. The van der Waals surface area contributed by atoms with Crippen molar-refractivity contribution in [2.75, 3.05) is 0 Å². The quantitative estimate of drug-likeness (QED) is 0.883. The molecule has 0 amide bonds. The lowest BCUT2D eigenvalue weighted by Crippen LogP contribution is -2.16. The van der Waals surface area contributed by atoms with Crippen molar-refractivity contribution in [2.24, 2.45) is 7.05 Å². The normalized spacial score (nSPS) is 11.8. The molecule has 96 valence electrons. The first-order valence-electron chi connectivity index (χ1n) is 4.69. The average Bonchev–Trinajstić information content (AvgIpc) is 2.81. The summed E-state index contributed by atoms with van der Waals surface area (Å²) in [5, 5.41) is 12.1. The second kappa shape index (κ2) is 3.86. The van der Waals surface area contributed by atoms with Gasteiger partial charge in [0.1, 0.15) is 0 Å². The molecule has 0 saturated heterocycles. The number of carboxylic acids is 1. The van der Waals surface area contributed by atoms with E-state index in [0.717, 1.165) is 0 Å². The second-order valence-corrected chi connectivity index (χ2v) is 3.47. The van der Waals surface area contributed by atoms with Gasteiger partial charge in [-0.05, 0) is 0 Å². The molecule has 0 aliphatic heterocycles. The number of alkyl halides is 3. The van der Waals surface area contributed by atoms with Gasteiger partial charge in [-0.1, -0.05) is 0 Å². The number of imidazole rings is 1. The predicted octanol–water partition coefficient (Wildman–Crippen LogP) is 1.32. The smallest absolute Gasteiger partial charge is 0.433 e. The number of nitrogens with zero attached hydrogens (tertiary/aromatic N) is 4. The molecule has 1 N–H and O–H groups in total. The molecule has 0 aliphatic carbocycles. The van der Waals surface area contributed by atoms with Crippen LogP contribution >= 0.6 is 0 Å². The molecule has 2 rings (SSSR count). The third-order valence-electron chi connectivity index (χ3n) is 2.20. The Balaban J connectivity index is 2.66. The zero-order valence-electron chi connectivity index (χ0n) is 9.01. The summed E-state index contributed by atoms with van der Waals surface area (Å²) in [5.74, 6) is -1.65. The molecule has 2 aromatic heterocycles. The van der Waals surface area contributed by atoms with Crippen LogP contribution in [0.1, 0.15) is 16.2 Å². The summed E-state index contributed by atoms with van der Waals surface area (Å²) in [6.07, 6.45) is -2.00. The van der Waals surface area contributed by atoms with Gasteiger partial charge in [-0.2, -0.15) is 23.0 Å². The number of hydrogen-bond donors (Lipinski definition) is 1. The van der Waals surface area contributed by atoms with E-state index in [9.17, 15) is 18.0 Å². The van der Waals surface area contributed by atoms with E-state index < -0.39 is 23.5 Å². The number of aromatic carboxylic acids is 1. The van der Waals surface area contributed by atoms with Gasteiger partial charge in [-0.15, -0.1) is 0 Å². The van der Waals surface area contributed by atoms with Gasteiger partial charge in [0.2, 0.25) is 5.95 Å². The molecule has 0 radical (unpaired) electrons. The lowest BCUT2D eigenvalue weighted by molar-refractivity contribution is -0.143. The van der Waals surface area contributed by atoms with Crippen LogP contribution in [0.4, 0.5) is 13.2 Å². The number of carbonyl (C=O) groups is 1. The largest absolute Gasteiger partial charge is 0.476 e. The van der Waals surface area contributed by atoms with Crippen molar-refractivity contribution >= 4 is 5.97 Å². The molecular weight excluding hydrogens is 253 g/mol. The fourth-order valence-corrected chi connectivity index (χ4v) is 1.40. The topological polar surface area (TPSA) is 72.9 Å². The van der Waals surface area contributed by atoms with Crippen molar-refractivity contribution in [1.29, 1.82) is 0 Å². The van der Waals surface area contributed by atoms with Crippen LogP contribution in [0.15, 0.2) is 18.5 Å². The first-order chi connectivity index (χ1) is 8.30. The molecule has 9 heteroatoms. The summed E-state index contributed by atoms with van der Waals surface area (Å²) in [4.78, 5) is 14.4. The number of halogens is 3. The van der Waals surface area contributed by atoms with Crippen LogP contribution in [-0.4, -0.2) is 30.4 Å². The molecule has 0 saturated carbocycles. The molecule has 0 bridgehead atoms. The summed E-state index contributed by atoms with van der Waals surface area (Å²) in [6.45, 7) is 0. The van der Waals surface area contributed by atoms with E-state index in [0.29, 0.717) is 10.7 Å². The van der Waals surface area contributed by atoms with E-state index in [4.69, 9.17) is 5.11 Å². The molecule has 0 atom stereocenters. The first-order valence-corrected chi connectivity index (χ1v) is 4.69. The van der Waals surface area contributed by atoms with Crippen LogP contribution in [0.5, 0.6) is 0 Å². The van der Waals surface area contributed by atoms with Gasteiger partial charge < -0.3 is 9.67 Å². The molecule has 0 unspecified atom stereocenters. The SMILES string of the molecule is Cn1ccnc1-n1nc(C(=O)O)cc1C(F)(F)F. The summed E-state index contributed by atoms with van der Waals surface area (Å²) < 4.78 is 40.0. The Morgan fingerprint density at radius 2 is 2.11 bits per heavy atom. The van der Waals surface area contributed by atoms with Gasteiger partial charge in [0.25, 0.3) is 0 Å². The van der Waals surface area contributed by atoms with Gasteiger partial charge in [0.15, 0.2) is 11.4 Å². The Morgan fingerprint density at radius 1 is 1.44 bits per heavy atom. The maximum atomic E-state index is 12.8. The third kappa shape index (κ3) is 1.94.